The van der Waals surface area contributed by atoms with Crippen molar-refractivity contribution in [3.63, 3.8) is 0 Å². The number of nitrogens with zero attached hydrogens (tertiary/aromatic N) is 2. The summed E-state index contributed by atoms with van der Waals surface area (Å²) in [4.78, 5) is 4.73. The number of hydrogen-bond donors (Lipinski definition) is 2. The fourth-order valence-electron chi connectivity index (χ4n) is 2.63. The Labute approximate surface area is 131 Å². The van der Waals surface area contributed by atoms with Gasteiger partial charge in [-0.25, -0.2) is 4.98 Å². The van der Waals surface area contributed by atoms with Gasteiger partial charge in [0.05, 0.1) is 23.3 Å². The van der Waals surface area contributed by atoms with E-state index < -0.39 is 0 Å². The van der Waals surface area contributed by atoms with Crippen LogP contribution in [0, 0.1) is 0 Å². The number of aromatic nitrogens is 2. The van der Waals surface area contributed by atoms with Crippen LogP contribution >= 0.6 is 15.9 Å². The summed E-state index contributed by atoms with van der Waals surface area (Å²) < 4.78 is 8.21. The van der Waals surface area contributed by atoms with Crippen molar-refractivity contribution >= 4 is 27.0 Å². The first-order chi connectivity index (χ1) is 10.2. The fraction of sp³-hybridized carbons (Fsp3) is 0.267. The Morgan fingerprint density at radius 2 is 2.19 bits per heavy atom. The minimum absolute atomic E-state index is 0.0553. The Bertz CT molecular complexity index is 749. The highest BCUT2D eigenvalue weighted by molar-refractivity contribution is 9.10. The van der Waals surface area contributed by atoms with Crippen molar-refractivity contribution in [3.05, 3.63) is 52.7 Å². The molecule has 0 saturated carbocycles. The van der Waals surface area contributed by atoms with E-state index in [0.29, 0.717) is 11.1 Å². The van der Waals surface area contributed by atoms with Crippen molar-refractivity contribution in [2.45, 2.75) is 25.9 Å². The summed E-state index contributed by atoms with van der Waals surface area (Å²) in [7, 11) is 0. The molecule has 0 spiro atoms. The molecule has 3 N–H and O–H groups in total. The van der Waals surface area contributed by atoms with Crippen LogP contribution in [0.5, 0.6) is 0 Å². The quantitative estimate of drug-likeness (QED) is 0.548. The van der Waals surface area contributed by atoms with Gasteiger partial charge in [-0.2, -0.15) is 0 Å². The van der Waals surface area contributed by atoms with Gasteiger partial charge in [-0.1, -0.05) is 12.1 Å². The van der Waals surface area contributed by atoms with Crippen LogP contribution in [-0.2, 0) is 13.0 Å². The molecular weight excluding hydrogens is 332 g/mol. The van der Waals surface area contributed by atoms with Crippen molar-refractivity contribution in [2.24, 2.45) is 5.84 Å². The number of imidazole rings is 1. The number of rotatable bonds is 5. The number of hydrogen-bond acceptors (Lipinski definition) is 4. The second-order valence-corrected chi connectivity index (χ2v) is 5.55. The molecule has 2 heterocycles. The minimum atomic E-state index is -0.0553. The molecule has 0 fully saturated rings. The highest BCUT2D eigenvalue weighted by Gasteiger charge is 2.19. The van der Waals surface area contributed by atoms with E-state index in [-0.39, 0.29) is 6.04 Å². The SMILES string of the molecule is CCn1c(CC(NN)c2ccoc2Br)nc2ccccc21. The van der Waals surface area contributed by atoms with E-state index in [1.54, 1.807) is 6.26 Å². The van der Waals surface area contributed by atoms with Crippen molar-refractivity contribution in [2.75, 3.05) is 0 Å². The van der Waals surface area contributed by atoms with Gasteiger partial charge in [-0.15, -0.1) is 0 Å². The van der Waals surface area contributed by atoms with E-state index in [0.717, 1.165) is 29.0 Å². The topological polar surface area (TPSA) is 69.0 Å². The molecule has 5 nitrogen and oxygen atoms in total. The Hall–Kier alpha value is -1.63. The average molecular weight is 349 g/mol. The molecule has 0 bridgehead atoms. The van der Waals surface area contributed by atoms with E-state index in [2.05, 4.69) is 38.9 Å². The number of furan rings is 1. The molecule has 21 heavy (non-hydrogen) atoms. The zero-order valence-corrected chi connectivity index (χ0v) is 13.3. The lowest BCUT2D eigenvalue weighted by molar-refractivity contribution is 0.495. The average Bonchev–Trinajstić information content (AvgIpc) is 3.07. The second-order valence-electron chi connectivity index (χ2n) is 4.83. The Balaban J connectivity index is 1.98. The largest absolute Gasteiger partial charge is 0.457 e. The highest BCUT2D eigenvalue weighted by atomic mass is 79.9. The van der Waals surface area contributed by atoms with Crippen LogP contribution in [0.15, 0.2) is 45.7 Å². The standard InChI is InChI=1S/C15H17BrN4O/c1-2-20-13-6-4-3-5-11(13)18-14(20)9-12(19-17)10-7-8-21-15(10)16/h3-8,12,19H,2,9,17H2,1H3. The number of para-hydroxylation sites is 2. The molecule has 1 unspecified atom stereocenters. The van der Waals surface area contributed by atoms with E-state index in [4.69, 9.17) is 15.2 Å². The van der Waals surface area contributed by atoms with Gasteiger partial charge in [0.1, 0.15) is 5.82 Å². The summed E-state index contributed by atoms with van der Waals surface area (Å²) in [5.74, 6) is 6.73. The molecule has 1 aromatic carbocycles. The first kappa shape index (κ1) is 14.3. The van der Waals surface area contributed by atoms with Crippen LogP contribution in [0.4, 0.5) is 0 Å². The molecule has 0 aliphatic heterocycles. The highest BCUT2D eigenvalue weighted by Crippen LogP contribution is 2.27. The van der Waals surface area contributed by atoms with Crippen LogP contribution in [0.2, 0.25) is 0 Å². The van der Waals surface area contributed by atoms with Crippen LogP contribution in [-0.4, -0.2) is 9.55 Å². The normalized spacial score (nSPS) is 12.9. The maximum atomic E-state index is 5.72. The summed E-state index contributed by atoms with van der Waals surface area (Å²) >= 11 is 3.40. The van der Waals surface area contributed by atoms with Crippen LogP contribution in [0.1, 0.15) is 24.4 Å². The molecule has 3 rings (SSSR count). The van der Waals surface area contributed by atoms with Crippen LogP contribution in [0.25, 0.3) is 11.0 Å². The van der Waals surface area contributed by atoms with Crippen molar-refractivity contribution in [1.29, 1.82) is 0 Å². The monoisotopic (exact) mass is 348 g/mol. The Kier molecular flexibility index (Phi) is 4.10. The van der Waals surface area contributed by atoms with Gasteiger partial charge in [0.2, 0.25) is 0 Å². The van der Waals surface area contributed by atoms with E-state index in [9.17, 15) is 0 Å². The molecular formula is C15H17BrN4O. The summed E-state index contributed by atoms with van der Waals surface area (Å²) in [5.41, 5.74) is 6.00. The molecule has 6 heteroatoms. The predicted octanol–water partition coefficient (Wildman–Crippen LogP) is 3.16. The number of hydrazine groups is 1. The lowest BCUT2D eigenvalue weighted by atomic mass is 10.1. The third-order valence-electron chi connectivity index (χ3n) is 3.66. The molecule has 0 radical (unpaired) electrons. The Morgan fingerprint density at radius 3 is 2.86 bits per heavy atom. The second kappa shape index (κ2) is 6.01. The first-order valence-corrected chi connectivity index (χ1v) is 7.67. The lowest BCUT2D eigenvalue weighted by Gasteiger charge is -2.15. The Morgan fingerprint density at radius 1 is 1.38 bits per heavy atom. The summed E-state index contributed by atoms with van der Waals surface area (Å²) in [6.45, 7) is 3.00. The molecule has 0 aliphatic carbocycles. The lowest BCUT2D eigenvalue weighted by Crippen LogP contribution is -2.30. The van der Waals surface area contributed by atoms with Gasteiger partial charge in [0, 0.05) is 18.5 Å². The number of aryl methyl sites for hydroxylation is 1. The van der Waals surface area contributed by atoms with Crippen molar-refractivity contribution in [1.82, 2.24) is 15.0 Å². The van der Waals surface area contributed by atoms with Gasteiger partial charge in [0.15, 0.2) is 4.67 Å². The van der Waals surface area contributed by atoms with Gasteiger partial charge >= 0.3 is 0 Å². The molecule has 2 aromatic heterocycles. The molecule has 0 aliphatic rings. The third kappa shape index (κ3) is 2.62. The van der Waals surface area contributed by atoms with Gasteiger partial charge < -0.3 is 8.98 Å². The third-order valence-corrected chi connectivity index (χ3v) is 4.30. The fourth-order valence-corrected chi connectivity index (χ4v) is 3.15. The van der Waals surface area contributed by atoms with E-state index >= 15 is 0 Å². The van der Waals surface area contributed by atoms with Crippen molar-refractivity contribution in [3.8, 4) is 0 Å². The van der Waals surface area contributed by atoms with Gasteiger partial charge in [0.25, 0.3) is 0 Å². The van der Waals surface area contributed by atoms with Gasteiger partial charge in [-0.05, 0) is 41.1 Å². The van der Waals surface area contributed by atoms with E-state index in [1.807, 2.05) is 24.3 Å². The minimum Gasteiger partial charge on any atom is -0.457 e. The number of nitrogens with two attached hydrogens (primary N) is 1. The van der Waals surface area contributed by atoms with E-state index in [1.165, 1.54) is 0 Å². The zero-order chi connectivity index (χ0) is 14.8. The maximum Gasteiger partial charge on any atom is 0.173 e. The molecule has 3 aromatic rings. The van der Waals surface area contributed by atoms with Crippen LogP contribution < -0.4 is 11.3 Å². The van der Waals surface area contributed by atoms with Crippen LogP contribution in [0.3, 0.4) is 0 Å². The predicted molar refractivity (Wildman–Crippen MR) is 85.6 cm³/mol. The summed E-state index contributed by atoms with van der Waals surface area (Å²) in [5, 5.41) is 0. The number of halogens is 1. The number of fused-ring (bicyclic) bond motifs is 1. The van der Waals surface area contributed by atoms with Gasteiger partial charge in [-0.3, -0.25) is 11.3 Å². The van der Waals surface area contributed by atoms with Crippen molar-refractivity contribution < 1.29 is 4.42 Å². The molecule has 1 atom stereocenters. The maximum absolute atomic E-state index is 5.72. The molecule has 0 amide bonds. The summed E-state index contributed by atoms with van der Waals surface area (Å²) in [6.07, 6.45) is 2.34. The number of benzene rings is 1. The smallest absolute Gasteiger partial charge is 0.173 e. The number of nitrogens with one attached hydrogen (secondary N) is 1. The first-order valence-electron chi connectivity index (χ1n) is 6.87. The molecule has 0 saturated heterocycles. The zero-order valence-electron chi connectivity index (χ0n) is 11.7. The molecule has 110 valence electrons. The summed E-state index contributed by atoms with van der Waals surface area (Å²) in [6, 6.07) is 10.0.